The minimum atomic E-state index is -1.10. The summed E-state index contributed by atoms with van der Waals surface area (Å²) < 4.78 is 36.1. The number of amides is 1. The van der Waals surface area contributed by atoms with Crippen molar-refractivity contribution in [1.82, 2.24) is 10.1 Å². The maximum Gasteiger partial charge on any atom is 0.341 e. The number of nitrogens with one attached hydrogen (secondary N) is 1. The number of carbonyl (C=O) groups is 2. The van der Waals surface area contributed by atoms with E-state index in [9.17, 15) is 18.4 Å². The molecule has 1 amide bonds. The van der Waals surface area contributed by atoms with E-state index in [2.05, 4.69) is 15.5 Å². The molecular weight excluding hydrogens is 404 g/mol. The molecule has 0 aliphatic rings. The molecule has 0 saturated heterocycles. The largest absolute Gasteiger partial charge is 0.452 e. The number of benzene rings is 1. The van der Waals surface area contributed by atoms with E-state index >= 15 is 0 Å². The molecule has 0 atom stereocenters. The second kappa shape index (κ2) is 9.28. The topological polar surface area (TPSA) is 94.3 Å². The molecule has 2 aromatic heterocycles. The number of hydrogen-bond acceptors (Lipinski definition) is 7. The summed E-state index contributed by atoms with van der Waals surface area (Å²) in [6, 6.07) is 7.78. The summed E-state index contributed by atoms with van der Waals surface area (Å²) in [5.41, 5.74) is 0.937. The third-order valence-corrected chi connectivity index (χ3v) is 4.60. The Bertz CT molecular complexity index is 1040. The predicted molar refractivity (Wildman–Crippen MR) is 100 cm³/mol. The molecule has 10 heteroatoms. The fourth-order valence-electron chi connectivity index (χ4n) is 2.27. The fraction of sp³-hybridized carbons (Fsp3) is 0.158. The predicted octanol–water partition coefficient (Wildman–Crippen LogP) is 3.74. The second-order valence-corrected chi connectivity index (χ2v) is 6.79. The molecule has 0 spiro atoms. The van der Waals surface area contributed by atoms with E-state index in [0.29, 0.717) is 22.2 Å². The average molecular weight is 419 g/mol. The first kappa shape index (κ1) is 20.5. The molecule has 7 nitrogen and oxygen atoms in total. The van der Waals surface area contributed by atoms with E-state index < -0.39 is 30.1 Å². The van der Waals surface area contributed by atoms with Gasteiger partial charge in [-0.15, -0.1) is 0 Å². The van der Waals surface area contributed by atoms with Crippen molar-refractivity contribution < 1.29 is 27.6 Å². The van der Waals surface area contributed by atoms with Crippen LogP contribution in [-0.4, -0.2) is 28.6 Å². The standard InChI is InChI=1S/C19H15F2N3O4S/c1-11-7-13(24-28-11)10-29-18-14(3-2-6-22-18)19(26)27-9-17(25)23-12-4-5-15(20)16(21)8-12/h2-8H,9-10H2,1H3,(H,23,25). The third kappa shape index (κ3) is 5.61. The number of thioether (sulfide) groups is 1. The summed E-state index contributed by atoms with van der Waals surface area (Å²) >= 11 is 1.27. The van der Waals surface area contributed by atoms with E-state index in [0.717, 1.165) is 12.1 Å². The number of nitrogens with zero attached hydrogens (tertiary/aromatic N) is 2. The Morgan fingerprint density at radius 1 is 1.21 bits per heavy atom. The zero-order valence-corrected chi connectivity index (χ0v) is 16.0. The lowest BCUT2D eigenvalue weighted by molar-refractivity contribution is -0.119. The van der Waals surface area contributed by atoms with Crippen LogP contribution in [0.5, 0.6) is 0 Å². The maximum atomic E-state index is 13.2. The monoisotopic (exact) mass is 419 g/mol. The Labute approximate surface area is 168 Å². The van der Waals surface area contributed by atoms with Crippen LogP contribution in [0, 0.1) is 18.6 Å². The van der Waals surface area contributed by atoms with Crippen LogP contribution >= 0.6 is 11.8 Å². The molecule has 0 bridgehead atoms. The zero-order chi connectivity index (χ0) is 20.8. The van der Waals surface area contributed by atoms with E-state index in [1.165, 1.54) is 30.1 Å². The summed E-state index contributed by atoms with van der Waals surface area (Å²) in [6.07, 6.45) is 1.53. The van der Waals surface area contributed by atoms with E-state index in [1.807, 2.05) is 0 Å². The smallest absolute Gasteiger partial charge is 0.341 e. The van der Waals surface area contributed by atoms with Gasteiger partial charge in [-0.05, 0) is 31.2 Å². The van der Waals surface area contributed by atoms with Crippen molar-refractivity contribution >= 4 is 29.3 Å². The first-order valence-corrected chi connectivity index (χ1v) is 9.33. The van der Waals surface area contributed by atoms with Gasteiger partial charge in [-0.1, -0.05) is 16.9 Å². The minimum absolute atomic E-state index is 0.0467. The number of halogens is 2. The number of hydrogen-bond donors (Lipinski definition) is 1. The van der Waals surface area contributed by atoms with Crippen molar-refractivity contribution in [3.8, 4) is 0 Å². The number of pyridine rings is 1. The Balaban J connectivity index is 1.57. The Morgan fingerprint density at radius 3 is 2.76 bits per heavy atom. The minimum Gasteiger partial charge on any atom is -0.452 e. The lowest BCUT2D eigenvalue weighted by Crippen LogP contribution is -2.21. The summed E-state index contributed by atoms with van der Waals surface area (Å²) in [7, 11) is 0. The quantitative estimate of drug-likeness (QED) is 0.460. The van der Waals surface area contributed by atoms with Gasteiger partial charge in [0.25, 0.3) is 5.91 Å². The van der Waals surface area contributed by atoms with Crippen LogP contribution in [0.4, 0.5) is 14.5 Å². The number of anilines is 1. The van der Waals surface area contributed by atoms with Gasteiger partial charge in [-0.3, -0.25) is 4.79 Å². The normalized spacial score (nSPS) is 10.6. The molecule has 0 unspecified atom stereocenters. The van der Waals surface area contributed by atoms with Crippen molar-refractivity contribution in [2.24, 2.45) is 0 Å². The highest BCUT2D eigenvalue weighted by Crippen LogP contribution is 2.24. The number of carbonyl (C=O) groups excluding carboxylic acids is 2. The summed E-state index contributed by atoms with van der Waals surface area (Å²) in [5, 5.41) is 6.61. The van der Waals surface area contributed by atoms with Crippen LogP contribution in [0.3, 0.4) is 0 Å². The Kier molecular flexibility index (Phi) is 6.55. The molecule has 3 aromatic rings. The van der Waals surface area contributed by atoms with Crippen LogP contribution in [0.2, 0.25) is 0 Å². The highest BCUT2D eigenvalue weighted by Gasteiger charge is 2.17. The summed E-state index contributed by atoms with van der Waals surface area (Å²) in [4.78, 5) is 28.4. The van der Waals surface area contributed by atoms with Crippen molar-refractivity contribution in [2.45, 2.75) is 17.7 Å². The van der Waals surface area contributed by atoms with Gasteiger partial charge in [0.1, 0.15) is 10.8 Å². The number of aryl methyl sites for hydroxylation is 1. The van der Waals surface area contributed by atoms with Crippen molar-refractivity contribution in [1.29, 1.82) is 0 Å². The van der Waals surface area contributed by atoms with E-state index in [-0.39, 0.29) is 11.3 Å². The highest BCUT2D eigenvalue weighted by molar-refractivity contribution is 7.98. The second-order valence-electron chi connectivity index (χ2n) is 5.83. The Hall–Kier alpha value is -3.27. The molecule has 0 saturated carbocycles. The van der Waals surface area contributed by atoms with Gasteiger partial charge in [0.05, 0.1) is 11.3 Å². The highest BCUT2D eigenvalue weighted by atomic mass is 32.2. The van der Waals surface area contributed by atoms with Crippen LogP contribution in [-0.2, 0) is 15.3 Å². The number of aromatic nitrogens is 2. The van der Waals surface area contributed by atoms with Gasteiger partial charge in [0.2, 0.25) is 0 Å². The average Bonchev–Trinajstić information content (AvgIpc) is 3.13. The van der Waals surface area contributed by atoms with Gasteiger partial charge in [-0.25, -0.2) is 18.6 Å². The SMILES string of the molecule is Cc1cc(CSc2ncccc2C(=O)OCC(=O)Nc2ccc(F)c(F)c2)no1. The lowest BCUT2D eigenvalue weighted by atomic mass is 10.3. The summed E-state index contributed by atoms with van der Waals surface area (Å²) in [6.45, 7) is 1.18. The molecule has 3 rings (SSSR count). The molecular formula is C19H15F2N3O4S. The van der Waals surface area contributed by atoms with Gasteiger partial charge >= 0.3 is 5.97 Å². The lowest BCUT2D eigenvalue weighted by Gasteiger charge is -2.09. The van der Waals surface area contributed by atoms with Crippen molar-refractivity contribution in [2.75, 3.05) is 11.9 Å². The molecule has 2 heterocycles. The number of esters is 1. The molecule has 0 aliphatic heterocycles. The molecule has 0 radical (unpaired) electrons. The third-order valence-electron chi connectivity index (χ3n) is 3.56. The van der Waals surface area contributed by atoms with Crippen LogP contribution in [0.15, 0.2) is 52.1 Å². The van der Waals surface area contributed by atoms with Crippen LogP contribution in [0.1, 0.15) is 21.8 Å². The molecule has 29 heavy (non-hydrogen) atoms. The maximum absolute atomic E-state index is 13.2. The first-order chi connectivity index (χ1) is 13.9. The molecule has 1 aromatic carbocycles. The van der Waals surface area contributed by atoms with Crippen LogP contribution in [0.25, 0.3) is 0 Å². The number of rotatable bonds is 7. The molecule has 150 valence electrons. The van der Waals surface area contributed by atoms with E-state index in [1.54, 1.807) is 19.1 Å². The van der Waals surface area contributed by atoms with Gasteiger partial charge in [-0.2, -0.15) is 0 Å². The van der Waals surface area contributed by atoms with Gasteiger partial charge in [0.15, 0.2) is 18.2 Å². The fourth-order valence-corrected chi connectivity index (χ4v) is 3.13. The van der Waals surface area contributed by atoms with Gasteiger partial charge in [0, 0.05) is 29.8 Å². The van der Waals surface area contributed by atoms with Gasteiger partial charge < -0.3 is 14.6 Å². The van der Waals surface area contributed by atoms with E-state index in [4.69, 9.17) is 9.26 Å². The molecule has 1 N–H and O–H groups in total. The summed E-state index contributed by atoms with van der Waals surface area (Å²) in [5.74, 6) is -2.45. The molecule has 0 fully saturated rings. The zero-order valence-electron chi connectivity index (χ0n) is 15.1. The first-order valence-electron chi connectivity index (χ1n) is 8.34. The molecule has 0 aliphatic carbocycles. The van der Waals surface area contributed by atoms with Crippen molar-refractivity contribution in [3.05, 3.63) is 71.2 Å². The van der Waals surface area contributed by atoms with Crippen LogP contribution < -0.4 is 5.32 Å². The van der Waals surface area contributed by atoms with Crippen molar-refractivity contribution in [3.63, 3.8) is 0 Å². The Morgan fingerprint density at radius 2 is 2.03 bits per heavy atom. The number of ether oxygens (including phenoxy) is 1.